The van der Waals surface area contributed by atoms with Crippen molar-refractivity contribution in [3.63, 3.8) is 0 Å². The second kappa shape index (κ2) is 1.94. The molecule has 0 aromatic rings. The lowest BCUT2D eigenvalue weighted by Crippen LogP contribution is -2.08. The molecule has 0 aromatic carbocycles. The van der Waals surface area contributed by atoms with Crippen LogP contribution >= 0.6 is 11.6 Å². The van der Waals surface area contributed by atoms with Crippen LogP contribution in [0.1, 0.15) is 13.3 Å². The molecule has 1 rings (SSSR count). The second-order valence-electron chi connectivity index (χ2n) is 2.19. The Balaban J connectivity index is 2.69. The smallest absolute Gasteiger partial charge is 0.0778 e. The van der Waals surface area contributed by atoms with E-state index in [4.69, 9.17) is 11.6 Å². The molecule has 1 heteroatoms. The summed E-state index contributed by atoms with van der Waals surface area (Å²) in [6, 6.07) is 0. The molecule has 0 spiro atoms. The maximum Gasteiger partial charge on any atom is 0.0778 e. The molecule has 44 valence electrons. The molecule has 0 atom stereocenters. The predicted octanol–water partition coefficient (Wildman–Crippen LogP) is 2.50. The van der Waals surface area contributed by atoms with Crippen molar-refractivity contribution in [3.05, 3.63) is 24.3 Å². The van der Waals surface area contributed by atoms with Gasteiger partial charge in [-0.25, -0.2) is 0 Å². The maximum atomic E-state index is 5.90. The first kappa shape index (κ1) is 5.90. The molecule has 8 heavy (non-hydrogen) atoms. The molecule has 0 saturated carbocycles. The lowest BCUT2D eigenvalue weighted by molar-refractivity contribution is 0.957. The lowest BCUT2D eigenvalue weighted by Gasteiger charge is -2.13. The van der Waals surface area contributed by atoms with E-state index in [0.29, 0.717) is 0 Å². The minimum Gasteiger partial charge on any atom is -0.110 e. The van der Waals surface area contributed by atoms with Crippen LogP contribution in [0.2, 0.25) is 0 Å². The molecule has 0 fully saturated rings. The normalized spacial score (nSPS) is 23.8. The number of hydrogen-bond acceptors (Lipinski definition) is 0. The molecular weight excluding hydrogens is 120 g/mol. The van der Waals surface area contributed by atoms with Gasteiger partial charge in [-0.1, -0.05) is 24.3 Å². The minimum atomic E-state index is -0.210. The van der Waals surface area contributed by atoms with Crippen molar-refractivity contribution in [3.8, 4) is 0 Å². The Bertz CT molecular complexity index is 117. The van der Waals surface area contributed by atoms with Crippen LogP contribution in [-0.4, -0.2) is 4.87 Å². The average Bonchev–Trinajstić information content (AvgIpc) is 1.65. The Morgan fingerprint density at radius 2 is 1.88 bits per heavy atom. The van der Waals surface area contributed by atoms with Gasteiger partial charge in [0.1, 0.15) is 0 Å². The van der Waals surface area contributed by atoms with Gasteiger partial charge in [0.15, 0.2) is 0 Å². The molecule has 0 heterocycles. The highest BCUT2D eigenvalue weighted by Gasteiger charge is 2.12. The van der Waals surface area contributed by atoms with Gasteiger partial charge in [0.2, 0.25) is 0 Å². The molecule has 0 amide bonds. The molecule has 0 aliphatic heterocycles. The first-order valence-corrected chi connectivity index (χ1v) is 3.13. The summed E-state index contributed by atoms with van der Waals surface area (Å²) in [4.78, 5) is -0.210. The minimum absolute atomic E-state index is 0.210. The van der Waals surface area contributed by atoms with Crippen LogP contribution in [0.15, 0.2) is 24.3 Å². The van der Waals surface area contributed by atoms with Gasteiger partial charge in [0, 0.05) is 0 Å². The number of hydrogen-bond donors (Lipinski definition) is 0. The van der Waals surface area contributed by atoms with Crippen LogP contribution in [0.3, 0.4) is 0 Å². The van der Waals surface area contributed by atoms with Crippen LogP contribution in [0, 0.1) is 0 Å². The summed E-state index contributed by atoms with van der Waals surface area (Å²) >= 11 is 5.90. The topological polar surface area (TPSA) is 0 Å². The van der Waals surface area contributed by atoms with E-state index in [-0.39, 0.29) is 4.87 Å². The molecule has 0 aromatic heterocycles. The second-order valence-corrected chi connectivity index (χ2v) is 3.01. The van der Waals surface area contributed by atoms with Gasteiger partial charge < -0.3 is 0 Å². The number of alkyl halides is 1. The van der Waals surface area contributed by atoms with Gasteiger partial charge in [-0.15, -0.1) is 11.6 Å². The zero-order chi connectivity index (χ0) is 6.04. The molecule has 1 aliphatic carbocycles. The van der Waals surface area contributed by atoms with E-state index < -0.39 is 0 Å². The largest absolute Gasteiger partial charge is 0.110 e. The van der Waals surface area contributed by atoms with Gasteiger partial charge in [-0.05, 0) is 13.3 Å². The zero-order valence-corrected chi connectivity index (χ0v) is 5.65. The summed E-state index contributed by atoms with van der Waals surface area (Å²) in [5.74, 6) is 0. The number of rotatable bonds is 0. The first-order valence-electron chi connectivity index (χ1n) is 2.75. The predicted molar refractivity (Wildman–Crippen MR) is 37.2 cm³/mol. The highest BCUT2D eigenvalue weighted by Crippen LogP contribution is 2.21. The lowest BCUT2D eigenvalue weighted by atomic mass is 10.1. The summed E-state index contributed by atoms with van der Waals surface area (Å²) in [5, 5.41) is 0. The van der Waals surface area contributed by atoms with Crippen LogP contribution in [0.4, 0.5) is 0 Å². The molecule has 0 unspecified atom stereocenters. The third kappa shape index (κ3) is 1.38. The quantitative estimate of drug-likeness (QED) is 0.347. The van der Waals surface area contributed by atoms with Crippen LogP contribution in [-0.2, 0) is 0 Å². The number of halogens is 1. The van der Waals surface area contributed by atoms with E-state index in [1.165, 1.54) is 0 Å². The standard InChI is InChI=1S/C7H9Cl/c1-7(8)5-3-2-4-6-7/h3-6H,2H2,1H3. The molecule has 0 radical (unpaired) electrons. The Morgan fingerprint density at radius 3 is 2.12 bits per heavy atom. The zero-order valence-electron chi connectivity index (χ0n) is 4.89. The van der Waals surface area contributed by atoms with Crippen LogP contribution in [0.25, 0.3) is 0 Å². The number of allylic oxidation sites excluding steroid dienone is 4. The van der Waals surface area contributed by atoms with Gasteiger partial charge in [0.25, 0.3) is 0 Å². The van der Waals surface area contributed by atoms with Crippen molar-refractivity contribution in [1.82, 2.24) is 0 Å². The van der Waals surface area contributed by atoms with Crippen LogP contribution in [0.5, 0.6) is 0 Å². The Kier molecular flexibility index (Phi) is 1.43. The Morgan fingerprint density at radius 1 is 1.38 bits per heavy atom. The molecule has 0 nitrogen and oxygen atoms in total. The van der Waals surface area contributed by atoms with Crippen molar-refractivity contribution < 1.29 is 0 Å². The highest BCUT2D eigenvalue weighted by atomic mass is 35.5. The van der Waals surface area contributed by atoms with E-state index in [9.17, 15) is 0 Å². The molecular formula is C7H9Cl. The van der Waals surface area contributed by atoms with E-state index in [1.807, 2.05) is 19.1 Å². The van der Waals surface area contributed by atoms with E-state index in [1.54, 1.807) is 0 Å². The molecule has 0 bridgehead atoms. The average molecular weight is 129 g/mol. The van der Waals surface area contributed by atoms with Gasteiger partial charge >= 0.3 is 0 Å². The fraction of sp³-hybridized carbons (Fsp3) is 0.429. The Hall–Kier alpha value is -0.230. The third-order valence-electron chi connectivity index (χ3n) is 1.16. The summed E-state index contributed by atoms with van der Waals surface area (Å²) in [7, 11) is 0. The SMILES string of the molecule is CC1(Cl)C=CCC=C1. The van der Waals surface area contributed by atoms with E-state index >= 15 is 0 Å². The van der Waals surface area contributed by atoms with Crippen molar-refractivity contribution in [2.24, 2.45) is 0 Å². The fourth-order valence-corrected chi connectivity index (χ4v) is 0.909. The molecule has 0 saturated heterocycles. The maximum absolute atomic E-state index is 5.90. The van der Waals surface area contributed by atoms with Crippen molar-refractivity contribution >= 4 is 11.6 Å². The summed E-state index contributed by atoms with van der Waals surface area (Å²) in [6.07, 6.45) is 9.20. The fourth-order valence-electron chi connectivity index (χ4n) is 0.731. The van der Waals surface area contributed by atoms with Gasteiger partial charge in [-0.3, -0.25) is 0 Å². The molecule has 0 N–H and O–H groups in total. The first-order chi connectivity index (χ1) is 3.71. The Labute approximate surface area is 54.8 Å². The van der Waals surface area contributed by atoms with Gasteiger partial charge in [0.05, 0.1) is 4.87 Å². The van der Waals surface area contributed by atoms with Gasteiger partial charge in [-0.2, -0.15) is 0 Å². The molecule has 1 aliphatic rings. The third-order valence-corrected chi connectivity index (χ3v) is 1.41. The van der Waals surface area contributed by atoms with Crippen LogP contribution < -0.4 is 0 Å². The van der Waals surface area contributed by atoms with Crippen molar-refractivity contribution in [2.45, 2.75) is 18.2 Å². The summed E-state index contributed by atoms with van der Waals surface area (Å²) in [6.45, 7) is 1.97. The summed E-state index contributed by atoms with van der Waals surface area (Å²) in [5.41, 5.74) is 0. The van der Waals surface area contributed by atoms with Crippen molar-refractivity contribution in [2.75, 3.05) is 0 Å². The van der Waals surface area contributed by atoms with E-state index in [0.717, 1.165) is 6.42 Å². The van der Waals surface area contributed by atoms with Crippen molar-refractivity contribution in [1.29, 1.82) is 0 Å². The highest BCUT2D eigenvalue weighted by molar-refractivity contribution is 6.26. The summed E-state index contributed by atoms with van der Waals surface area (Å²) < 4.78 is 0. The van der Waals surface area contributed by atoms with E-state index in [2.05, 4.69) is 12.2 Å². The monoisotopic (exact) mass is 128 g/mol.